The molecule has 3 aromatic rings. The second-order valence-corrected chi connectivity index (χ2v) is 3.64. The van der Waals surface area contributed by atoms with E-state index in [1.54, 1.807) is 0 Å². The van der Waals surface area contributed by atoms with Gasteiger partial charge in [-0.25, -0.2) is 0 Å². The second-order valence-electron chi connectivity index (χ2n) is 3.64. The molecule has 0 atom stereocenters. The summed E-state index contributed by atoms with van der Waals surface area (Å²) in [5, 5.41) is 2.54. The number of rotatable bonds is 1. The molecule has 0 saturated carbocycles. The average Bonchev–Trinajstić information content (AvgIpc) is 2.67. The summed E-state index contributed by atoms with van der Waals surface area (Å²) < 4.78 is 0. The maximum Gasteiger partial charge on any atom is 0.0538 e. The smallest absolute Gasteiger partial charge is 0.0538 e. The topological polar surface area (TPSA) is 15.8 Å². The second kappa shape index (κ2) is 4.14. The van der Waals surface area contributed by atoms with Gasteiger partial charge in [-0.1, -0.05) is 49.1 Å². The molecule has 2 heteroatoms. The number of hydrogen-bond acceptors (Lipinski definition) is 0. The van der Waals surface area contributed by atoms with Crippen LogP contribution < -0.4 is 17.0 Å². The Balaban J connectivity index is 0.000000963. The molecule has 0 fully saturated rings. The monoisotopic (exact) mass is 272 g/mol. The minimum atomic E-state index is 0. The molecule has 0 aliphatic rings. The minimum absolute atomic E-state index is 0. The van der Waals surface area contributed by atoms with Crippen LogP contribution in [0.15, 0.2) is 49.0 Å². The van der Waals surface area contributed by atoms with Gasteiger partial charge in [-0.05, 0) is 11.6 Å². The van der Waals surface area contributed by atoms with E-state index in [-0.39, 0.29) is 17.0 Å². The molecule has 1 N–H and O–H groups in total. The van der Waals surface area contributed by atoms with Crippen LogP contribution in [0.25, 0.3) is 27.9 Å². The molecule has 80 valence electrons. The van der Waals surface area contributed by atoms with Crippen molar-refractivity contribution in [1.82, 2.24) is 4.98 Å². The van der Waals surface area contributed by atoms with Crippen molar-refractivity contribution in [3.05, 3.63) is 54.6 Å². The molecule has 1 aromatic heterocycles. The Hall–Kier alpha value is -1.54. The highest BCUT2D eigenvalue weighted by atomic mass is 79.9. The number of hydrogen-bond donors (Lipinski definition) is 1. The zero-order chi connectivity index (χ0) is 10.3. The molecule has 0 aliphatic carbocycles. The van der Waals surface area contributed by atoms with Crippen LogP contribution in [0.2, 0.25) is 0 Å². The largest absolute Gasteiger partial charge is 1.00 e. The summed E-state index contributed by atoms with van der Waals surface area (Å²) in [6, 6.07) is 14.6. The summed E-state index contributed by atoms with van der Waals surface area (Å²) in [7, 11) is 0. The standard InChI is InChI=1S/C14H11N.BrH/c1-2-10-6-5-8-12-11-7-3-4-9-13(11)15-14(10)12;/h2-9,15H,1H2;1H/p-1. The maximum atomic E-state index is 3.83. The predicted octanol–water partition coefficient (Wildman–Crippen LogP) is 0.968. The van der Waals surface area contributed by atoms with Crippen LogP contribution in [-0.4, -0.2) is 4.98 Å². The first-order valence-electron chi connectivity index (χ1n) is 5.02. The lowest BCUT2D eigenvalue weighted by molar-refractivity contribution is -0.00000289. The quantitative estimate of drug-likeness (QED) is 0.680. The van der Waals surface area contributed by atoms with Crippen molar-refractivity contribution in [2.24, 2.45) is 0 Å². The van der Waals surface area contributed by atoms with Crippen molar-refractivity contribution in [2.75, 3.05) is 0 Å². The molecule has 0 amide bonds. The molecule has 0 aliphatic heterocycles. The third-order valence-electron chi connectivity index (χ3n) is 2.79. The molecule has 0 spiro atoms. The SMILES string of the molecule is C=Cc1cccc2c1[nH]c1ccccc12.[Br-]. The summed E-state index contributed by atoms with van der Waals surface area (Å²) in [4.78, 5) is 3.43. The van der Waals surface area contributed by atoms with Gasteiger partial charge in [0, 0.05) is 16.3 Å². The predicted molar refractivity (Wildman–Crippen MR) is 65.9 cm³/mol. The fourth-order valence-corrected chi connectivity index (χ4v) is 2.07. The molecule has 16 heavy (non-hydrogen) atoms. The lowest BCUT2D eigenvalue weighted by atomic mass is 10.1. The van der Waals surface area contributed by atoms with Crippen molar-refractivity contribution >= 4 is 27.9 Å². The lowest BCUT2D eigenvalue weighted by Crippen LogP contribution is -3.00. The van der Waals surface area contributed by atoms with Crippen LogP contribution in [0.5, 0.6) is 0 Å². The Morgan fingerprint density at radius 3 is 2.50 bits per heavy atom. The summed E-state index contributed by atoms with van der Waals surface area (Å²) in [6.07, 6.45) is 1.89. The highest BCUT2D eigenvalue weighted by Gasteiger charge is 2.04. The number of halogens is 1. The summed E-state index contributed by atoms with van der Waals surface area (Å²) in [5.74, 6) is 0. The molecule has 0 bridgehead atoms. The van der Waals surface area contributed by atoms with Gasteiger partial charge in [0.2, 0.25) is 0 Å². The molecule has 0 unspecified atom stereocenters. The summed E-state index contributed by atoms with van der Waals surface area (Å²) in [6.45, 7) is 3.83. The molecule has 2 aromatic carbocycles. The molecule has 1 heterocycles. The van der Waals surface area contributed by atoms with Gasteiger partial charge in [0.05, 0.1) is 5.52 Å². The van der Waals surface area contributed by atoms with Gasteiger partial charge in [0.1, 0.15) is 0 Å². The fourth-order valence-electron chi connectivity index (χ4n) is 2.07. The first-order valence-corrected chi connectivity index (χ1v) is 5.02. The van der Waals surface area contributed by atoms with Gasteiger partial charge in [-0.3, -0.25) is 0 Å². The minimum Gasteiger partial charge on any atom is -1.00 e. The van der Waals surface area contributed by atoms with Crippen LogP contribution >= 0.6 is 0 Å². The zero-order valence-electron chi connectivity index (χ0n) is 8.70. The van der Waals surface area contributed by atoms with Crippen LogP contribution in [0, 0.1) is 0 Å². The van der Waals surface area contributed by atoms with Crippen molar-refractivity contribution in [2.45, 2.75) is 0 Å². The van der Waals surface area contributed by atoms with E-state index >= 15 is 0 Å². The number of benzene rings is 2. The van der Waals surface area contributed by atoms with E-state index in [1.165, 1.54) is 21.8 Å². The molecular formula is C14H11BrN-. The number of nitrogens with one attached hydrogen (secondary N) is 1. The lowest BCUT2D eigenvalue weighted by Gasteiger charge is -1.94. The van der Waals surface area contributed by atoms with Crippen molar-refractivity contribution in [3.63, 3.8) is 0 Å². The van der Waals surface area contributed by atoms with Crippen molar-refractivity contribution < 1.29 is 17.0 Å². The summed E-state index contributed by atoms with van der Waals surface area (Å²) in [5.41, 5.74) is 3.51. The highest BCUT2D eigenvalue weighted by molar-refractivity contribution is 6.09. The van der Waals surface area contributed by atoms with Gasteiger partial charge >= 0.3 is 0 Å². The number of fused-ring (bicyclic) bond motifs is 3. The third kappa shape index (κ3) is 1.46. The van der Waals surface area contributed by atoms with Gasteiger partial charge in [0.25, 0.3) is 0 Å². The van der Waals surface area contributed by atoms with Crippen LogP contribution in [0.1, 0.15) is 5.56 Å². The van der Waals surface area contributed by atoms with Gasteiger partial charge in [-0.2, -0.15) is 0 Å². The highest BCUT2D eigenvalue weighted by Crippen LogP contribution is 2.27. The maximum absolute atomic E-state index is 3.83. The van der Waals surface area contributed by atoms with E-state index in [1.807, 2.05) is 12.1 Å². The van der Waals surface area contributed by atoms with Crippen molar-refractivity contribution in [1.29, 1.82) is 0 Å². The Kier molecular flexibility index (Phi) is 2.84. The van der Waals surface area contributed by atoms with E-state index in [4.69, 9.17) is 0 Å². The number of aromatic amines is 1. The molecule has 3 rings (SSSR count). The van der Waals surface area contributed by atoms with Gasteiger partial charge in [-0.15, -0.1) is 0 Å². The third-order valence-corrected chi connectivity index (χ3v) is 2.79. The Morgan fingerprint density at radius 1 is 0.938 bits per heavy atom. The fraction of sp³-hybridized carbons (Fsp3) is 0. The van der Waals surface area contributed by atoms with Crippen molar-refractivity contribution in [3.8, 4) is 0 Å². The van der Waals surface area contributed by atoms with E-state index in [2.05, 4.69) is 48.0 Å². The molecular weight excluding hydrogens is 262 g/mol. The van der Waals surface area contributed by atoms with Crippen LogP contribution in [0.4, 0.5) is 0 Å². The Morgan fingerprint density at radius 2 is 1.69 bits per heavy atom. The normalized spacial score (nSPS) is 10.2. The van der Waals surface area contributed by atoms with E-state index in [0.29, 0.717) is 0 Å². The van der Waals surface area contributed by atoms with E-state index < -0.39 is 0 Å². The molecule has 0 radical (unpaired) electrons. The van der Waals surface area contributed by atoms with Crippen LogP contribution in [0.3, 0.4) is 0 Å². The average molecular weight is 273 g/mol. The van der Waals surface area contributed by atoms with E-state index in [0.717, 1.165) is 5.56 Å². The first kappa shape index (κ1) is 11.0. The van der Waals surface area contributed by atoms with Gasteiger partial charge < -0.3 is 22.0 Å². The van der Waals surface area contributed by atoms with Crippen LogP contribution in [-0.2, 0) is 0 Å². The van der Waals surface area contributed by atoms with E-state index in [9.17, 15) is 0 Å². The molecule has 0 saturated heterocycles. The number of aromatic nitrogens is 1. The van der Waals surface area contributed by atoms with Gasteiger partial charge in [0.15, 0.2) is 0 Å². The summed E-state index contributed by atoms with van der Waals surface area (Å²) >= 11 is 0. The first-order chi connectivity index (χ1) is 7.40. The zero-order valence-corrected chi connectivity index (χ0v) is 10.3. The molecule has 1 nitrogen and oxygen atoms in total. The number of H-pyrrole nitrogens is 1. The number of para-hydroxylation sites is 2. The Labute approximate surface area is 105 Å². The Bertz CT molecular complexity index is 652.